The van der Waals surface area contributed by atoms with Gasteiger partial charge >= 0.3 is 13.7 Å². The number of para-hydroxylation sites is 1. The van der Waals surface area contributed by atoms with Crippen molar-refractivity contribution in [2.45, 2.75) is 65.2 Å². The molecule has 1 aliphatic heterocycles. The van der Waals surface area contributed by atoms with Crippen molar-refractivity contribution in [2.24, 2.45) is 5.92 Å². The van der Waals surface area contributed by atoms with E-state index in [-0.39, 0.29) is 28.8 Å². The van der Waals surface area contributed by atoms with Crippen LogP contribution in [-0.2, 0) is 23.4 Å². The molecular weight excluding hydrogens is 509 g/mol. The Morgan fingerprint density at radius 3 is 2.61 bits per heavy atom. The Bertz CT molecular complexity index is 1220. The van der Waals surface area contributed by atoms with Crippen molar-refractivity contribution in [3.8, 4) is 5.75 Å². The molecule has 3 rings (SSSR count). The lowest BCUT2D eigenvalue weighted by molar-refractivity contribution is -0.149. The number of H-pyrrole nitrogens is 1. The first kappa shape index (κ1) is 28.2. The van der Waals surface area contributed by atoms with Crippen LogP contribution in [0.4, 0.5) is 0 Å². The molecule has 11 nitrogen and oxygen atoms in total. The highest BCUT2D eigenvalue weighted by Gasteiger charge is 2.44. The van der Waals surface area contributed by atoms with Gasteiger partial charge < -0.3 is 19.1 Å². The number of aliphatic hydroxyl groups is 1. The second-order valence-corrected chi connectivity index (χ2v) is 11.0. The fourth-order valence-electron chi connectivity index (χ4n) is 3.63. The Morgan fingerprint density at radius 2 is 1.97 bits per heavy atom. The number of ether oxygens (including phenoxy) is 2. The van der Waals surface area contributed by atoms with Gasteiger partial charge in [0.25, 0.3) is 5.56 Å². The second-order valence-electron chi connectivity index (χ2n) is 8.93. The molecular formula is C23H32N3O8PS. The number of benzene rings is 1. The first-order valence-electron chi connectivity index (χ1n) is 11.5. The highest BCUT2D eigenvalue weighted by Crippen LogP contribution is 2.46. The fraction of sp³-hybridized carbons (Fsp3) is 0.522. The molecule has 1 aliphatic rings. The minimum Gasteiger partial charge on any atom is -0.462 e. The quantitative estimate of drug-likeness (QED) is 0.233. The number of nitrogens with one attached hydrogen (secondary N) is 2. The minimum absolute atomic E-state index is 0.147. The summed E-state index contributed by atoms with van der Waals surface area (Å²) in [4.78, 5) is 26.7. The number of aromatic amines is 1. The summed E-state index contributed by atoms with van der Waals surface area (Å²) < 4.78 is 37.8. The number of carbonyl (C=O) groups is 1. The zero-order valence-electron chi connectivity index (χ0n) is 20.7. The SMILES string of the molecule is Cc1cn([C@H]2O[C@@H](COP(=O)(N[C@@H](C)C(=O)OC(C)C)Oc3ccccc3)[C@@H](O)C2C)c(=S)[nH]c1=O. The number of rotatable bonds is 10. The lowest BCUT2D eigenvalue weighted by Crippen LogP contribution is -2.37. The molecule has 0 amide bonds. The van der Waals surface area contributed by atoms with Crippen LogP contribution < -0.4 is 15.2 Å². The highest BCUT2D eigenvalue weighted by atomic mass is 32.1. The average Bonchev–Trinajstić information content (AvgIpc) is 3.08. The fourth-order valence-corrected chi connectivity index (χ4v) is 5.38. The third-order valence-corrected chi connectivity index (χ3v) is 7.49. The smallest absolute Gasteiger partial charge is 0.459 e. The molecule has 6 atom stereocenters. The number of hydrogen-bond donors (Lipinski definition) is 3. The van der Waals surface area contributed by atoms with E-state index in [1.807, 2.05) is 0 Å². The topological polar surface area (TPSA) is 141 Å². The summed E-state index contributed by atoms with van der Waals surface area (Å²) in [5, 5.41) is 13.4. The Balaban J connectivity index is 1.77. The Hall–Kier alpha value is -2.34. The largest absolute Gasteiger partial charge is 0.462 e. The molecule has 13 heteroatoms. The van der Waals surface area contributed by atoms with E-state index in [1.54, 1.807) is 68.8 Å². The molecule has 1 aromatic heterocycles. The predicted molar refractivity (Wildman–Crippen MR) is 134 cm³/mol. The average molecular weight is 542 g/mol. The van der Waals surface area contributed by atoms with Crippen LogP contribution in [0.1, 0.15) is 39.5 Å². The van der Waals surface area contributed by atoms with Gasteiger partial charge in [0.1, 0.15) is 24.1 Å². The summed E-state index contributed by atoms with van der Waals surface area (Å²) in [6.45, 7) is 7.96. The number of aryl methyl sites for hydroxylation is 1. The number of nitrogens with zero attached hydrogens (tertiary/aromatic N) is 1. The van der Waals surface area contributed by atoms with Crippen molar-refractivity contribution < 1.29 is 33.0 Å². The van der Waals surface area contributed by atoms with Gasteiger partial charge in [0.2, 0.25) is 0 Å². The van der Waals surface area contributed by atoms with Crippen LogP contribution >= 0.6 is 20.0 Å². The molecule has 0 bridgehead atoms. The van der Waals surface area contributed by atoms with Gasteiger partial charge in [0.15, 0.2) is 4.77 Å². The molecule has 1 fully saturated rings. The first-order valence-corrected chi connectivity index (χ1v) is 13.5. The summed E-state index contributed by atoms with van der Waals surface area (Å²) in [5.74, 6) is -0.802. The van der Waals surface area contributed by atoms with Crippen molar-refractivity contribution in [3.63, 3.8) is 0 Å². The number of aliphatic hydroxyl groups excluding tert-OH is 1. The molecule has 198 valence electrons. The molecule has 2 aromatic rings. The van der Waals surface area contributed by atoms with Crippen LogP contribution in [0.15, 0.2) is 41.3 Å². The van der Waals surface area contributed by atoms with Crippen LogP contribution in [0.25, 0.3) is 0 Å². The van der Waals surface area contributed by atoms with Crippen molar-refractivity contribution >= 4 is 25.9 Å². The number of aromatic nitrogens is 2. The summed E-state index contributed by atoms with van der Waals surface area (Å²) in [5.41, 5.74) is 0.123. The minimum atomic E-state index is -4.13. The lowest BCUT2D eigenvalue weighted by Gasteiger charge is -2.25. The zero-order valence-corrected chi connectivity index (χ0v) is 22.5. The van der Waals surface area contributed by atoms with Gasteiger partial charge in [-0.25, -0.2) is 4.57 Å². The van der Waals surface area contributed by atoms with E-state index < -0.39 is 44.1 Å². The van der Waals surface area contributed by atoms with Crippen LogP contribution in [0.5, 0.6) is 5.75 Å². The Kier molecular flexibility index (Phi) is 9.26. The second kappa shape index (κ2) is 11.8. The van der Waals surface area contributed by atoms with Gasteiger partial charge in [0, 0.05) is 17.7 Å². The van der Waals surface area contributed by atoms with Gasteiger partial charge in [0.05, 0.1) is 18.8 Å². The Labute approximate surface area is 214 Å². The molecule has 2 unspecified atom stereocenters. The first-order chi connectivity index (χ1) is 16.9. The van der Waals surface area contributed by atoms with Crippen LogP contribution in [-0.4, -0.2) is 51.6 Å². The molecule has 36 heavy (non-hydrogen) atoms. The van der Waals surface area contributed by atoms with Crippen LogP contribution in [0.2, 0.25) is 0 Å². The molecule has 0 aliphatic carbocycles. The van der Waals surface area contributed by atoms with Gasteiger partial charge in [-0.1, -0.05) is 25.1 Å². The molecule has 1 saturated heterocycles. The number of hydrogen-bond acceptors (Lipinski definition) is 9. The molecule has 3 N–H and O–H groups in total. The maximum absolute atomic E-state index is 13.7. The van der Waals surface area contributed by atoms with Gasteiger partial charge in [-0.2, -0.15) is 5.09 Å². The number of carbonyl (C=O) groups excluding carboxylic acids is 1. The van der Waals surface area contributed by atoms with Crippen molar-refractivity contribution in [2.75, 3.05) is 6.61 Å². The molecule has 2 heterocycles. The van der Waals surface area contributed by atoms with E-state index in [1.165, 1.54) is 6.92 Å². The normalized spacial score (nSPS) is 24.3. The van der Waals surface area contributed by atoms with Gasteiger partial charge in [-0.15, -0.1) is 0 Å². The van der Waals surface area contributed by atoms with E-state index in [4.69, 9.17) is 30.7 Å². The van der Waals surface area contributed by atoms with Gasteiger partial charge in [-0.3, -0.25) is 23.7 Å². The van der Waals surface area contributed by atoms with E-state index in [2.05, 4.69) is 10.1 Å². The van der Waals surface area contributed by atoms with Crippen molar-refractivity contribution in [1.82, 2.24) is 14.6 Å². The summed E-state index contributed by atoms with van der Waals surface area (Å²) in [6, 6.07) is 7.33. The van der Waals surface area contributed by atoms with E-state index >= 15 is 0 Å². The number of esters is 1. The van der Waals surface area contributed by atoms with E-state index in [0.717, 1.165) is 0 Å². The summed E-state index contributed by atoms with van der Waals surface area (Å²) in [6.07, 6.45) is -1.39. The standard InChI is InChI=1S/C23H32N3O8PS/c1-13(2)32-22(29)16(5)25-35(30,34-17-9-7-6-8-10-17)31-12-18-19(27)15(4)21(33-18)26-11-14(3)20(28)24-23(26)36/h6-11,13,15-16,18-19,21,27H,12H2,1-5H3,(H,25,30)(H,24,28,36)/t15?,16-,18-,19-,21-,35?/m0/s1. The van der Waals surface area contributed by atoms with E-state index in [0.29, 0.717) is 5.56 Å². The summed E-state index contributed by atoms with van der Waals surface area (Å²) in [7, 11) is -4.13. The highest BCUT2D eigenvalue weighted by molar-refractivity contribution is 7.71. The third kappa shape index (κ3) is 6.90. The van der Waals surface area contributed by atoms with Crippen LogP contribution in [0, 0.1) is 17.6 Å². The van der Waals surface area contributed by atoms with Crippen molar-refractivity contribution in [3.05, 3.63) is 57.2 Å². The molecule has 0 saturated carbocycles. The maximum atomic E-state index is 13.7. The molecule has 0 spiro atoms. The summed E-state index contributed by atoms with van der Waals surface area (Å²) >= 11 is 5.26. The van der Waals surface area contributed by atoms with Crippen molar-refractivity contribution in [1.29, 1.82) is 0 Å². The maximum Gasteiger partial charge on any atom is 0.459 e. The van der Waals surface area contributed by atoms with Crippen LogP contribution in [0.3, 0.4) is 0 Å². The van der Waals surface area contributed by atoms with Gasteiger partial charge in [-0.05, 0) is 52.0 Å². The third-order valence-electron chi connectivity index (χ3n) is 5.54. The predicted octanol–water partition coefficient (Wildman–Crippen LogP) is 3.24. The van der Waals surface area contributed by atoms with E-state index in [9.17, 15) is 19.3 Å². The Morgan fingerprint density at radius 1 is 1.31 bits per heavy atom. The monoisotopic (exact) mass is 541 g/mol. The molecule has 1 aromatic carbocycles. The molecule has 0 radical (unpaired) electrons. The lowest BCUT2D eigenvalue weighted by atomic mass is 10.0. The zero-order chi connectivity index (χ0) is 26.6.